The first-order valence-corrected chi connectivity index (χ1v) is 11.1. The molecule has 1 amide bonds. The lowest BCUT2D eigenvalue weighted by Gasteiger charge is -2.32. The summed E-state index contributed by atoms with van der Waals surface area (Å²) in [6.07, 6.45) is 4.77. The van der Waals surface area contributed by atoms with Crippen LogP contribution in [-0.2, 0) is 28.3 Å². The Morgan fingerprint density at radius 3 is 2.57 bits per heavy atom. The number of amides is 1. The Balaban J connectivity index is 1.53. The summed E-state index contributed by atoms with van der Waals surface area (Å²) in [6, 6.07) is 5.15. The van der Waals surface area contributed by atoms with Gasteiger partial charge >= 0.3 is 0 Å². The molecule has 0 N–H and O–H groups in total. The summed E-state index contributed by atoms with van der Waals surface area (Å²) >= 11 is 0. The van der Waals surface area contributed by atoms with Crippen LogP contribution < -0.4 is 4.90 Å². The molecule has 1 saturated heterocycles. The zero-order valence-electron chi connectivity index (χ0n) is 16.2. The van der Waals surface area contributed by atoms with Crippen molar-refractivity contribution in [3.05, 3.63) is 35.9 Å². The summed E-state index contributed by atoms with van der Waals surface area (Å²) in [5, 5.41) is 8.09. The van der Waals surface area contributed by atoms with Crippen LogP contribution in [0.2, 0.25) is 0 Å². The summed E-state index contributed by atoms with van der Waals surface area (Å²) in [5.41, 5.74) is 1.76. The van der Waals surface area contributed by atoms with E-state index in [1.807, 2.05) is 11.6 Å². The first kappa shape index (κ1) is 19.1. The normalized spacial score (nSPS) is 18.9. The van der Waals surface area contributed by atoms with Crippen LogP contribution in [0, 0.1) is 0 Å². The van der Waals surface area contributed by atoms with Crippen molar-refractivity contribution in [3.63, 3.8) is 0 Å². The molecule has 4 rings (SSSR count). The largest absolute Gasteiger partial charge is 0.320 e. The molecule has 1 fully saturated rings. The van der Waals surface area contributed by atoms with Gasteiger partial charge in [-0.25, -0.2) is 8.42 Å². The van der Waals surface area contributed by atoms with Crippen molar-refractivity contribution < 1.29 is 13.2 Å². The van der Waals surface area contributed by atoms with Gasteiger partial charge in [0.25, 0.3) is 0 Å². The number of nitrogens with zero attached hydrogens (tertiary/aromatic N) is 5. The fourth-order valence-electron chi connectivity index (χ4n) is 4.23. The van der Waals surface area contributed by atoms with Crippen molar-refractivity contribution in [1.29, 1.82) is 0 Å². The van der Waals surface area contributed by atoms with Gasteiger partial charge in [-0.1, -0.05) is 0 Å². The van der Waals surface area contributed by atoms with E-state index in [0.717, 1.165) is 42.8 Å². The standard InChI is InChI=1S/C19H25N5O3S/c1-14(25)24-9-3-4-16-12-17(5-6-18(16)24)28(26,27)23-10-7-15(8-11-23)19-21-20-13-22(19)2/h5-6,12-13,15H,3-4,7-11H2,1-2H3. The predicted molar refractivity (Wildman–Crippen MR) is 105 cm³/mol. The lowest BCUT2D eigenvalue weighted by molar-refractivity contribution is -0.116. The first-order chi connectivity index (χ1) is 13.4. The number of carbonyl (C=O) groups excluding carboxylic acids is 1. The number of sulfonamides is 1. The number of piperidine rings is 1. The molecule has 0 spiro atoms. The number of rotatable bonds is 3. The molecule has 2 aliphatic heterocycles. The zero-order valence-corrected chi connectivity index (χ0v) is 17.0. The van der Waals surface area contributed by atoms with Crippen molar-refractivity contribution >= 4 is 21.6 Å². The number of anilines is 1. The number of aryl methyl sites for hydroxylation is 2. The maximum atomic E-state index is 13.2. The van der Waals surface area contributed by atoms with E-state index in [2.05, 4.69) is 10.2 Å². The van der Waals surface area contributed by atoms with Crippen molar-refractivity contribution in [2.24, 2.45) is 7.05 Å². The van der Waals surface area contributed by atoms with Crippen LogP contribution in [0.25, 0.3) is 0 Å². The lowest BCUT2D eigenvalue weighted by atomic mass is 9.97. The average Bonchev–Trinajstić information content (AvgIpc) is 3.13. The molecule has 0 saturated carbocycles. The van der Waals surface area contributed by atoms with Gasteiger partial charge in [-0.05, 0) is 49.4 Å². The molecule has 0 unspecified atom stereocenters. The Kier molecular flexibility index (Phi) is 4.96. The first-order valence-electron chi connectivity index (χ1n) is 9.63. The third-order valence-corrected chi connectivity index (χ3v) is 7.65. The number of hydrogen-bond donors (Lipinski definition) is 0. The van der Waals surface area contributed by atoms with Gasteiger partial charge in [0.1, 0.15) is 12.2 Å². The molecule has 0 radical (unpaired) electrons. The Labute approximate surface area is 165 Å². The van der Waals surface area contributed by atoms with E-state index in [1.165, 1.54) is 0 Å². The summed E-state index contributed by atoms with van der Waals surface area (Å²) in [7, 11) is -1.64. The van der Waals surface area contributed by atoms with Crippen molar-refractivity contribution in [2.45, 2.75) is 43.4 Å². The molecule has 0 aliphatic carbocycles. The van der Waals surface area contributed by atoms with E-state index in [1.54, 1.807) is 40.7 Å². The highest BCUT2D eigenvalue weighted by Crippen LogP contribution is 2.33. The minimum absolute atomic E-state index is 0.0117. The van der Waals surface area contributed by atoms with Crippen molar-refractivity contribution in [2.75, 3.05) is 24.5 Å². The van der Waals surface area contributed by atoms with E-state index in [-0.39, 0.29) is 11.8 Å². The molecule has 0 atom stereocenters. The van der Waals surface area contributed by atoms with E-state index in [9.17, 15) is 13.2 Å². The Morgan fingerprint density at radius 1 is 1.18 bits per heavy atom. The van der Waals surface area contributed by atoms with Gasteiger partial charge in [-0.15, -0.1) is 10.2 Å². The average molecular weight is 404 g/mol. The van der Waals surface area contributed by atoms with Crippen LogP contribution in [-0.4, -0.2) is 53.0 Å². The van der Waals surface area contributed by atoms with Crippen LogP contribution in [0.1, 0.15) is 43.5 Å². The van der Waals surface area contributed by atoms with Crippen LogP contribution in [0.5, 0.6) is 0 Å². The topological polar surface area (TPSA) is 88.4 Å². The number of hydrogen-bond acceptors (Lipinski definition) is 5. The molecule has 2 aromatic rings. The monoisotopic (exact) mass is 403 g/mol. The maximum Gasteiger partial charge on any atom is 0.243 e. The highest BCUT2D eigenvalue weighted by Gasteiger charge is 2.32. The van der Waals surface area contributed by atoms with E-state index in [4.69, 9.17) is 0 Å². The Bertz CT molecular complexity index is 993. The molecular formula is C19H25N5O3S. The molecule has 28 heavy (non-hydrogen) atoms. The quantitative estimate of drug-likeness (QED) is 0.778. The second kappa shape index (κ2) is 7.29. The van der Waals surface area contributed by atoms with Gasteiger partial charge in [0.15, 0.2) is 0 Å². The molecule has 1 aromatic heterocycles. The number of aromatic nitrogens is 3. The molecular weight excluding hydrogens is 378 g/mol. The summed E-state index contributed by atoms with van der Waals surface area (Å²) in [4.78, 5) is 13.9. The fraction of sp³-hybridized carbons (Fsp3) is 0.526. The minimum Gasteiger partial charge on any atom is -0.320 e. The van der Waals surface area contributed by atoms with Gasteiger partial charge in [0.05, 0.1) is 4.90 Å². The second-order valence-electron chi connectivity index (χ2n) is 7.54. The third-order valence-electron chi connectivity index (χ3n) is 5.75. The van der Waals surface area contributed by atoms with Crippen LogP contribution in [0.3, 0.4) is 0 Å². The smallest absolute Gasteiger partial charge is 0.243 e. The van der Waals surface area contributed by atoms with Crippen LogP contribution in [0.15, 0.2) is 29.4 Å². The summed E-state index contributed by atoms with van der Waals surface area (Å²) in [6.45, 7) is 3.16. The Morgan fingerprint density at radius 2 is 1.93 bits per heavy atom. The molecule has 150 valence electrons. The maximum absolute atomic E-state index is 13.2. The highest BCUT2D eigenvalue weighted by atomic mass is 32.2. The van der Waals surface area contributed by atoms with Crippen LogP contribution in [0.4, 0.5) is 5.69 Å². The Hall–Kier alpha value is -2.26. The van der Waals surface area contributed by atoms with Crippen LogP contribution >= 0.6 is 0 Å². The van der Waals surface area contributed by atoms with Gasteiger partial charge in [-0.3, -0.25) is 4.79 Å². The van der Waals surface area contributed by atoms with E-state index >= 15 is 0 Å². The van der Waals surface area contributed by atoms with Crippen molar-refractivity contribution in [3.8, 4) is 0 Å². The highest BCUT2D eigenvalue weighted by molar-refractivity contribution is 7.89. The van der Waals surface area contributed by atoms with E-state index < -0.39 is 10.0 Å². The number of fused-ring (bicyclic) bond motifs is 1. The van der Waals surface area contributed by atoms with Gasteiger partial charge in [-0.2, -0.15) is 4.31 Å². The van der Waals surface area contributed by atoms with Gasteiger partial charge in [0, 0.05) is 45.2 Å². The second-order valence-corrected chi connectivity index (χ2v) is 9.48. The number of benzene rings is 1. The molecule has 0 bridgehead atoms. The minimum atomic E-state index is -3.55. The summed E-state index contributed by atoms with van der Waals surface area (Å²) < 4.78 is 29.8. The molecule has 9 heteroatoms. The molecule has 8 nitrogen and oxygen atoms in total. The SMILES string of the molecule is CC(=O)N1CCCc2cc(S(=O)(=O)N3CCC(c4nncn4C)CC3)ccc21. The van der Waals surface area contributed by atoms with Gasteiger partial charge in [0.2, 0.25) is 15.9 Å². The third kappa shape index (κ3) is 3.33. The fourth-order valence-corrected chi connectivity index (χ4v) is 5.75. The zero-order chi connectivity index (χ0) is 19.9. The van der Waals surface area contributed by atoms with Crippen molar-refractivity contribution in [1.82, 2.24) is 19.1 Å². The molecule has 2 aliphatic rings. The molecule has 3 heterocycles. The lowest BCUT2D eigenvalue weighted by Crippen LogP contribution is -2.38. The van der Waals surface area contributed by atoms with Gasteiger partial charge < -0.3 is 9.47 Å². The summed E-state index contributed by atoms with van der Waals surface area (Å²) in [5.74, 6) is 1.13. The molecule has 1 aromatic carbocycles. The predicted octanol–water partition coefficient (Wildman–Crippen LogP) is 1.68. The van der Waals surface area contributed by atoms with E-state index in [0.29, 0.717) is 24.5 Å². The number of carbonyl (C=O) groups is 1.